The van der Waals surface area contributed by atoms with E-state index in [1.54, 1.807) is 0 Å². The van der Waals surface area contributed by atoms with Crippen molar-refractivity contribution in [2.45, 2.75) is 71.3 Å². The van der Waals surface area contributed by atoms with Gasteiger partial charge in [-0.3, -0.25) is 4.79 Å². The number of amides is 1. The van der Waals surface area contributed by atoms with Gasteiger partial charge in [-0.15, -0.1) is 0 Å². The molecule has 2 rings (SSSR count). The number of halogens is 1. The molecule has 166 valence electrons. The Hall–Kier alpha value is -1.63. The summed E-state index contributed by atoms with van der Waals surface area (Å²) in [5.74, 6) is 0.912. The van der Waals surface area contributed by atoms with E-state index in [9.17, 15) is 4.79 Å². The maximum absolute atomic E-state index is 12.2. The molecule has 0 aliphatic rings. The topological polar surface area (TPSA) is 42.2 Å². The predicted octanol–water partition coefficient (Wildman–Crippen LogP) is 1.89. The van der Waals surface area contributed by atoms with Gasteiger partial charge < -0.3 is 34.0 Å². The van der Waals surface area contributed by atoms with Crippen LogP contribution in [0, 0.1) is 0 Å². The number of pyridine rings is 1. The largest absolute Gasteiger partial charge is 1.00 e. The lowest BCUT2D eigenvalue weighted by Gasteiger charge is -2.08. The Morgan fingerprint density at radius 2 is 1.60 bits per heavy atom. The first-order chi connectivity index (χ1) is 14.2. The average molecular weight is 524 g/mol. The third kappa shape index (κ3) is 11.0. The van der Waals surface area contributed by atoms with Gasteiger partial charge in [0.15, 0.2) is 11.9 Å². The lowest BCUT2D eigenvalue weighted by molar-refractivity contribution is -0.679. The van der Waals surface area contributed by atoms with Crippen LogP contribution in [-0.4, -0.2) is 12.5 Å². The summed E-state index contributed by atoms with van der Waals surface area (Å²) in [4.78, 5) is 12.2. The number of rotatable bonds is 14. The van der Waals surface area contributed by atoms with Crippen molar-refractivity contribution in [1.82, 2.24) is 5.32 Å². The molecule has 5 heteroatoms. The molecule has 1 N–H and O–H groups in total. The Kier molecular flexibility index (Phi) is 14.2. The van der Waals surface area contributed by atoms with Crippen LogP contribution >= 0.6 is 0 Å². The molecule has 0 aliphatic carbocycles. The normalized spacial score (nSPS) is 10.3. The van der Waals surface area contributed by atoms with Gasteiger partial charge in [-0.25, -0.2) is 4.57 Å². The smallest absolute Gasteiger partial charge is 0.224 e. The van der Waals surface area contributed by atoms with E-state index in [0.29, 0.717) is 13.0 Å². The van der Waals surface area contributed by atoms with Crippen LogP contribution in [0.25, 0.3) is 0 Å². The van der Waals surface area contributed by atoms with Crippen LogP contribution in [-0.2, 0) is 24.8 Å². The van der Waals surface area contributed by atoms with Crippen LogP contribution in [0.4, 0.5) is 0 Å². The number of hydrogen-bond donors (Lipinski definition) is 1. The molecule has 0 fully saturated rings. The highest BCUT2D eigenvalue weighted by molar-refractivity contribution is 5.78. The van der Waals surface area contributed by atoms with Gasteiger partial charge >= 0.3 is 0 Å². The molecule has 0 radical (unpaired) electrons. The summed E-state index contributed by atoms with van der Waals surface area (Å²) >= 11 is 0. The SMILES string of the molecule is CCCCCCCCCCOc1ccc(CC(=O)NCc2cccc[n+]2C)cc1.[I-]. The number of hydrogen-bond acceptors (Lipinski definition) is 2. The van der Waals surface area contributed by atoms with Gasteiger partial charge in [0.05, 0.1) is 13.0 Å². The number of nitrogens with zero attached hydrogens (tertiary/aromatic N) is 1. The molecule has 1 heterocycles. The van der Waals surface area contributed by atoms with Crippen molar-refractivity contribution < 1.29 is 38.1 Å². The number of aromatic nitrogens is 1. The fraction of sp³-hybridized carbons (Fsp3) is 0.520. The van der Waals surface area contributed by atoms with Crippen molar-refractivity contribution in [1.29, 1.82) is 0 Å². The monoisotopic (exact) mass is 524 g/mol. The second kappa shape index (κ2) is 16.1. The molecule has 2 aromatic rings. The van der Waals surface area contributed by atoms with E-state index in [0.717, 1.165) is 30.0 Å². The molecule has 0 bridgehead atoms. The van der Waals surface area contributed by atoms with Crippen molar-refractivity contribution in [2.24, 2.45) is 7.05 Å². The number of carbonyl (C=O) groups is 1. The molecule has 0 spiro atoms. The van der Waals surface area contributed by atoms with Crippen LogP contribution in [0.1, 0.15) is 69.5 Å². The first-order valence-electron chi connectivity index (χ1n) is 11.1. The fourth-order valence-electron chi connectivity index (χ4n) is 3.31. The standard InChI is InChI=1S/C25H36N2O2.HI/c1-3-4-5-6-7-8-9-12-19-29-24-16-14-22(15-17-24)20-25(28)26-21-23-13-10-11-18-27(23)2;/h10-11,13-18H,3-9,12,19-21H2,1-2H3;1H. The molecular weight excluding hydrogens is 487 g/mol. The van der Waals surface area contributed by atoms with Crippen molar-refractivity contribution in [3.63, 3.8) is 0 Å². The first kappa shape index (κ1) is 26.4. The molecule has 0 aliphatic heterocycles. The maximum Gasteiger partial charge on any atom is 0.224 e. The van der Waals surface area contributed by atoms with Crippen LogP contribution < -0.4 is 38.6 Å². The second-order valence-corrected chi connectivity index (χ2v) is 7.72. The number of aryl methyl sites for hydroxylation is 1. The summed E-state index contributed by atoms with van der Waals surface area (Å²) < 4.78 is 7.84. The minimum absolute atomic E-state index is 0. The van der Waals surface area contributed by atoms with Crippen molar-refractivity contribution in [3.8, 4) is 5.75 Å². The van der Waals surface area contributed by atoms with E-state index >= 15 is 0 Å². The zero-order chi connectivity index (χ0) is 20.7. The Bertz CT molecular complexity index is 719. The van der Waals surface area contributed by atoms with E-state index in [1.807, 2.05) is 60.3 Å². The van der Waals surface area contributed by atoms with Crippen molar-refractivity contribution in [2.75, 3.05) is 6.61 Å². The minimum Gasteiger partial charge on any atom is -1.00 e. The number of benzene rings is 1. The molecular formula is C25H37IN2O2. The molecule has 1 aromatic carbocycles. The summed E-state index contributed by atoms with van der Waals surface area (Å²) in [6.07, 6.45) is 12.8. The zero-order valence-corrected chi connectivity index (χ0v) is 20.7. The van der Waals surface area contributed by atoms with Gasteiger partial charge in [0.1, 0.15) is 19.3 Å². The molecule has 1 aromatic heterocycles. The predicted molar refractivity (Wildman–Crippen MR) is 118 cm³/mol. The fourth-order valence-corrected chi connectivity index (χ4v) is 3.31. The third-order valence-corrected chi connectivity index (χ3v) is 5.18. The second-order valence-electron chi connectivity index (χ2n) is 7.72. The van der Waals surface area contributed by atoms with Crippen LogP contribution in [0.3, 0.4) is 0 Å². The van der Waals surface area contributed by atoms with E-state index in [-0.39, 0.29) is 29.9 Å². The van der Waals surface area contributed by atoms with E-state index in [1.165, 1.54) is 44.9 Å². The number of ether oxygens (including phenoxy) is 1. The number of nitrogens with one attached hydrogen (secondary N) is 1. The Morgan fingerprint density at radius 1 is 0.933 bits per heavy atom. The molecule has 0 saturated heterocycles. The lowest BCUT2D eigenvalue weighted by Crippen LogP contribution is -3.00. The summed E-state index contributed by atoms with van der Waals surface area (Å²) in [6.45, 7) is 3.56. The highest BCUT2D eigenvalue weighted by Gasteiger charge is 2.08. The van der Waals surface area contributed by atoms with Crippen LogP contribution in [0.2, 0.25) is 0 Å². The maximum atomic E-state index is 12.2. The highest BCUT2D eigenvalue weighted by Crippen LogP contribution is 2.14. The van der Waals surface area contributed by atoms with E-state index in [2.05, 4.69) is 12.2 Å². The molecule has 0 unspecified atom stereocenters. The van der Waals surface area contributed by atoms with Gasteiger partial charge in [0, 0.05) is 12.1 Å². The lowest BCUT2D eigenvalue weighted by atomic mass is 10.1. The van der Waals surface area contributed by atoms with Crippen molar-refractivity contribution in [3.05, 3.63) is 59.9 Å². The van der Waals surface area contributed by atoms with Gasteiger partial charge in [0.25, 0.3) is 0 Å². The van der Waals surface area contributed by atoms with Crippen molar-refractivity contribution >= 4 is 5.91 Å². The van der Waals surface area contributed by atoms with E-state index in [4.69, 9.17) is 4.74 Å². The van der Waals surface area contributed by atoms with Gasteiger partial charge in [-0.05, 0) is 24.1 Å². The average Bonchev–Trinajstić information content (AvgIpc) is 2.73. The summed E-state index contributed by atoms with van der Waals surface area (Å²) in [5.41, 5.74) is 2.07. The number of unbranched alkanes of at least 4 members (excludes halogenated alkanes) is 7. The molecule has 30 heavy (non-hydrogen) atoms. The van der Waals surface area contributed by atoms with Crippen LogP contribution in [0.15, 0.2) is 48.7 Å². The minimum atomic E-state index is 0. The van der Waals surface area contributed by atoms with Gasteiger partial charge in [0.2, 0.25) is 5.91 Å². The Balaban J connectivity index is 0.00000450. The van der Waals surface area contributed by atoms with Gasteiger partial charge in [-0.1, -0.05) is 70.1 Å². The molecule has 0 saturated carbocycles. The molecule has 4 nitrogen and oxygen atoms in total. The summed E-state index contributed by atoms with van der Waals surface area (Å²) in [5, 5.41) is 2.98. The molecule has 1 amide bonds. The van der Waals surface area contributed by atoms with Crippen LogP contribution in [0.5, 0.6) is 5.75 Å². The van der Waals surface area contributed by atoms with E-state index < -0.39 is 0 Å². The zero-order valence-electron chi connectivity index (χ0n) is 18.5. The Morgan fingerprint density at radius 3 is 2.27 bits per heavy atom. The summed E-state index contributed by atoms with van der Waals surface area (Å²) in [6, 6.07) is 13.8. The van der Waals surface area contributed by atoms with Gasteiger partial charge in [-0.2, -0.15) is 0 Å². The first-order valence-corrected chi connectivity index (χ1v) is 11.1. The quantitative estimate of drug-likeness (QED) is 0.233. The Labute approximate surface area is 199 Å². The molecule has 0 atom stereocenters. The highest BCUT2D eigenvalue weighted by atomic mass is 127. The number of carbonyl (C=O) groups excluding carboxylic acids is 1. The summed E-state index contributed by atoms with van der Waals surface area (Å²) in [7, 11) is 1.98. The third-order valence-electron chi connectivity index (χ3n) is 5.18.